The van der Waals surface area contributed by atoms with Gasteiger partial charge in [0.15, 0.2) is 0 Å². The minimum atomic E-state index is -2.95. The number of rotatable bonds is 8. The van der Waals surface area contributed by atoms with Crippen molar-refractivity contribution in [1.29, 1.82) is 0 Å². The number of carbonyl (C=O) groups excluding carboxylic acids is 2. The molecule has 0 saturated carbocycles. The second-order valence-corrected chi connectivity index (χ2v) is 7.37. The van der Waals surface area contributed by atoms with Crippen LogP contribution in [0.15, 0.2) is 53.0 Å². The van der Waals surface area contributed by atoms with Gasteiger partial charge in [-0.3, -0.25) is 9.59 Å². The summed E-state index contributed by atoms with van der Waals surface area (Å²) in [5, 5.41) is 5.50. The van der Waals surface area contributed by atoms with E-state index in [-0.39, 0.29) is 30.0 Å². The highest BCUT2D eigenvalue weighted by Gasteiger charge is 2.09. The molecule has 0 unspecified atom stereocenters. The average molecular weight is 467 g/mol. The summed E-state index contributed by atoms with van der Waals surface area (Å²) in [4.78, 5) is 23.7. The number of anilines is 1. The zero-order chi connectivity index (χ0) is 21.4. The zero-order valence-corrected chi connectivity index (χ0v) is 17.5. The molecule has 0 fully saturated rings. The summed E-state index contributed by atoms with van der Waals surface area (Å²) in [5.41, 5.74) is 1.87. The molecule has 0 aromatic heterocycles. The molecule has 0 atom stereocenters. The van der Waals surface area contributed by atoms with Gasteiger partial charge in [0.25, 0.3) is 0 Å². The van der Waals surface area contributed by atoms with Crippen molar-refractivity contribution >= 4 is 39.5 Å². The van der Waals surface area contributed by atoms with Gasteiger partial charge in [0.05, 0.1) is 0 Å². The molecule has 2 aromatic carbocycles. The largest absolute Gasteiger partial charge is 0.434 e. The Morgan fingerprint density at radius 3 is 2.45 bits per heavy atom. The van der Waals surface area contributed by atoms with Gasteiger partial charge in [-0.25, -0.2) is 0 Å². The molecule has 2 rings (SSSR count). The van der Waals surface area contributed by atoms with E-state index in [2.05, 4.69) is 31.3 Å². The fraction of sp³-hybridized carbons (Fsp3) is 0.238. The molecule has 29 heavy (non-hydrogen) atoms. The predicted octanol–water partition coefficient (Wildman–Crippen LogP) is 4.97. The molecule has 0 aliphatic heterocycles. The van der Waals surface area contributed by atoms with Crippen molar-refractivity contribution in [2.24, 2.45) is 5.92 Å². The van der Waals surface area contributed by atoms with Gasteiger partial charge in [0.2, 0.25) is 11.8 Å². The van der Waals surface area contributed by atoms with E-state index < -0.39 is 6.61 Å². The van der Waals surface area contributed by atoms with Gasteiger partial charge >= 0.3 is 6.61 Å². The van der Waals surface area contributed by atoms with Gasteiger partial charge in [0.1, 0.15) is 5.75 Å². The first-order valence-electron chi connectivity index (χ1n) is 8.84. The lowest BCUT2D eigenvalue weighted by Gasteiger charge is -2.09. The second-order valence-electron chi connectivity index (χ2n) is 6.45. The minimum absolute atomic E-state index is 0.0220. The molecule has 0 spiro atoms. The number of nitrogens with one attached hydrogen (secondary N) is 2. The number of alkyl halides is 2. The SMILES string of the molecule is CC(C)C(=O)Nc1ccc(CNC(=O)/C=C/c2cc(Br)ccc2OC(F)F)cc1. The van der Waals surface area contributed by atoms with E-state index in [0.717, 1.165) is 5.56 Å². The Morgan fingerprint density at radius 1 is 1.14 bits per heavy atom. The molecule has 5 nitrogen and oxygen atoms in total. The van der Waals surface area contributed by atoms with Crippen molar-refractivity contribution in [3.63, 3.8) is 0 Å². The number of benzene rings is 2. The monoisotopic (exact) mass is 466 g/mol. The van der Waals surface area contributed by atoms with Gasteiger partial charge in [-0.1, -0.05) is 41.9 Å². The molecule has 0 radical (unpaired) electrons. The summed E-state index contributed by atoms with van der Waals surface area (Å²) in [6, 6.07) is 11.6. The number of hydrogen-bond acceptors (Lipinski definition) is 3. The summed E-state index contributed by atoms with van der Waals surface area (Å²) < 4.78 is 30.1. The predicted molar refractivity (Wildman–Crippen MR) is 112 cm³/mol. The van der Waals surface area contributed by atoms with E-state index in [0.29, 0.717) is 15.7 Å². The Kier molecular flexibility index (Phi) is 8.33. The van der Waals surface area contributed by atoms with E-state index in [9.17, 15) is 18.4 Å². The maximum atomic E-state index is 12.5. The summed E-state index contributed by atoms with van der Waals surface area (Å²) in [6.45, 7) is 0.943. The number of ether oxygens (including phenoxy) is 1. The highest BCUT2D eigenvalue weighted by Crippen LogP contribution is 2.26. The second kappa shape index (κ2) is 10.7. The van der Waals surface area contributed by atoms with Gasteiger partial charge in [-0.05, 0) is 42.0 Å². The van der Waals surface area contributed by atoms with Crippen LogP contribution < -0.4 is 15.4 Å². The van der Waals surface area contributed by atoms with E-state index in [1.807, 2.05) is 13.8 Å². The van der Waals surface area contributed by atoms with Crippen LogP contribution in [0.25, 0.3) is 6.08 Å². The van der Waals surface area contributed by atoms with Crippen LogP contribution in [0.2, 0.25) is 0 Å². The van der Waals surface area contributed by atoms with Crippen LogP contribution in [0.5, 0.6) is 5.75 Å². The van der Waals surface area contributed by atoms with Crippen molar-refractivity contribution in [3.8, 4) is 5.75 Å². The molecule has 0 heterocycles. The topological polar surface area (TPSA) is 67.4 Å². The fourth-order valence-electron chi connectivity index (χ4n) is 2.26. The first-order valence-corrected chi connectivity index (χ1v) is 9.64. The molecule has 0 aliphatic rings. The standard InChI is InChI=1S/C21H21BrF2N2O3/c1-13(2)20(28)26-17-7-3-14(4-8-17)12-25-19(27)10-5-15-11-16(22)6-9-18(15)29-21(23)24/h3-11,13,21H,12H2,1-2H3,(H,25,27)(H,26,28)/b10-5+. The zero-order valence-electron chi connectivity index (χ0n) is 15.9. The molecule has 2 aromatic rings. The van der Waals surface area contributed by atoms with E-state index >= 15 is 0 Å². The molecular weight excluding hydrogens is 446 g/mol. The van der Waals surface area contributed by atoms with Crippen molar-refractivity contribution in [2.45, 2.75) is 27.0 Å². The molecule has 2 N–H and O–H groups in total. The van der Waals surface area contributed by atoms with E-state index in [1.54, 1.807) is 36.4 Å². The van der Waals surface area contributed by atoms with Gasteiger partial charge in [-0.15, -0.1) is 0 Å². The smallest absolute Gasteiger partial charge is 0.387 e. The first kappa shape index (κ1) is 22.5. The van der Waals surface area contributed by atoms with Crippen molar-refractivity contribution < 1.29 is 23.1 Å². The van der Waals surface area contributed by atoms with Gasteiger partial charge < -0.3 is 15.4 Å². The maximum Gasteiger partial charge on any atom is 0.387 e. The summed E-state index contributed by atoms with van der Waals surface area (Å²) in [6.07, 6.45) is 2.65. The van der Waals surface area contributed by atoms with Crippen LogP contribution in [-0.2, 0) is 16.1 Å². The molecule has 8 heteroatoms. The number of carbonyl (C=O) groups is 2. The average Bonchev–Trinajstić information content (AvgIpc) is 2.67. The van der Waals surface area contributed by atoms with Crippen molar-refractivity contribution in [2.75, 3.05) is 5.32 Å². The minimum Gasteiger partial charge on any atom is -0.434 e. The molecule has 154 valence electrons. The molecular formula is C21H21BrF2N2O3. The molecule has 0 bridgehead atoms. The molecule has 0 aliphatic carbocycles. The highest BCUT2D eigenvalue weighted by molar-refractivity contribution is 9.10. The third-order valence-corrected chi connectivity index (χ3v) is 4.31. The Morgan fingerprint density at radius 2 is 1.83 bits per heavy atom. The third kappa shape index (κ3) is 7.65. The van der Waals surface area contributed by atoms with Crippen LogP contribution in [0, 0.1) is 5.92 Å². The Balaban J connectivity index is 1.93. The van der Waals surface area contributed by atoms with E-state index in [4.69, 9.17) is 0 Å². The molecule has 2 amide bonds. The Bertz CT molecular complexity index is 884. The molecule has 0 saturated heterocycles. The lowest BCUT2D eigenvalue weighted by Crippen LogP contribution is -2.20. The number of halogens is 3. The summed E-state index contributed by atoms with van der Waals surface area (Å²) >= 11 is 3.26. The van der Waals surface area contributed by atoms with Gasteiger partial charge in [0, 0.05) is 34.3 Å². The van der Waals surface area contributed by atoms with Gasteiger partial charge in [-0.2, -0.15) is 8.78 Å². The van der Waals surface area contributed by atoms with Crippen LogP contribution in [0.3, 0.4) is 0 Å². The van der Waals surface area contributed by atoms with E-state index in [1.165, 1.54) is 18.2 Å². The maximum absolute atomic E-state index is 12.5. The highest BCUT2D eigenvalue weighted by atomic mass is 79.9. The Hall–Kier alpha value is -2.74. The fourth-order valence-corrected chi connectivity index (χ4v) is 2.64. The lowest BCUT2D eigenvalue weighted by atomic mass is 10.1. The first-order chi connectivity index (χ1) is 13.7. The quantitative estimate of drug-likeness (QED) is 0.539. The normalized spacial score (nSPS) is 11.1. The van der Waals surface area contributed by atoms with Crippen molar-refractivity contribution in [3.05, 3.63) is 64.1 Å². The van der Waals surface area contributed by atoms with Crippen LogP contribution in [0.1, 0.15) is 25.0 Å². The lowest BCUT2D eigenvalue weighted by molar-refractivity contribution is -0.119. The third-order valence-electron chi connectivity index (χ3n) is 3.81. The number of hydrogen-bond donors (Lipinski definition) is 2. The van der Waals surface area contributed by atoms with Crippen LogP contribution >= 0.6 is 15.9 Å². The van der Waals surface area contributed by atoms with Crippen LogP contribution in [-0.4, -0.2) is 18.4 Å². The number of amides is 2. The van der Waals surface area contributed by atoms with Crippen LogP contribution in [0.4, 0.5) is 14.5 Å². The summed E-state index contributed by atoms with van der Waals surface area (Å²) in [7, 11) is 0. The van der Waals surface area contributed by atoms with Crippen molar-refractivity contribution in [1.82, 2.24) is 5.32 Å². The Labute approximate surface area is 176 Å². The summed E-state index contributed by atoms with van der Waals surface area (Å²) in [5.74, 6) is -0.590.